The van der Waals surface area contributed by atoms with Crippen molar-refractivity contribution in [1.82, 2.24) is 5.32 Å². The fourth-order valence-electron chi connectivity index (χ4n) is 1.38. The van der Waals surface area contributed by atoms with Crippen LogP contribution in [0, 0.1) is 5.92 Å². The zero-order valence-electron chi connectivity index (χ0n) is 11.0. The number of ether oxygens (including phenoxy) is 2. The zero-order chi connectivity index (χ0) is 12.9. The van der Waals surface area contributed by atoms with Crippen LogP contribution < -0.4 is 11.1 Å². The van der Waals surface area contributed by atoms with Crippen molar-refractivity contribution >= 4 is 5.91 Å². The number of hydrogen-bond acceptors (Lipinski definition) is 4. The van der Waals surface area contributed by atoms with Gasteiger partial charge in [0.15, 0.2) is 0 Å². The highest BCUT2D eigenvalue weighted by atomic mass is 16.5. The second kappa shape index (κ2) is 11.8. The second-order valence-corrected chi connectivity index (χ2v) is 4.02. The minimum absolute atomic E-state index is 0.0826. The normalized spacial score (nSPS) is 12.4. The zero-order valence-corrected chi connectivity index (χ0v) is 11.0. The van der Waals surface area contributed by atoms with Gasteiger partial charge in [-0.1, -0.05) is 13.3 Å². The summed E-state index contributed by atoms with van der Waals surface area (Å²) >= 11 is 0. The van der Waals surface area contributed by atoms with Crippen LogP contribution in [0.15, 0.2) is 0 Å². The Bertz CT molecular complexity index is 185. The lowest BCUT2D eigenvalue weighted by Gasteiger charge is -2.11. The highest BCUT2D eigenvalue weighted by Crippen LogP contribution is 2.04. The van der Waals surface area contributed by atoms with Crippen LogP contribution in [-0.4, -0.2) is 45.9 Å². The largest absolute Gasteiger partial charge is 0.382 e. The van der Waals surface area contributed by atoms with E-state index in [1.165, 1.54) is 0 Å². The number of nitrogens with one attached hydrogen (secondary N) is 1. The summed E-state index contributed by atoms with van der Waals surface area (Å²) in [5.41, 5.74) is 5.54. The minimum Gasteiger partial charge on any atom is -0.382 e. The van der Waals surface area contributed by atoms with Gasteiger partial charge < -0.3 is 20.5 Å². The van der Waals surface area contributed by atoms with Gasteiger partial charge in [0.25, 0.3) is 0 Å². The average Bonchev–Trinajstić information content (AvgIpc) is 2.34. The van der Waals surface area contributed by atoms with Crippen LogP contribution in [0.5, 0.6) is 0 Å². The van der Waals surface area contributed by atoms with Crippen molar-refractivity contribution in [1.29, 1.82) is 0 Å². The Balaban J connectivity index is 3.33. The number of carbonyl (C=O) groups is 1. The van der Waals surface area contributed by atoms with Gasteiger partial charge in [0.1, 0.15) is 0 Å². The monoisotopic (exact) mass is 246 g/mol. The van der Waals surface area contributed by atoms with E-state index in [4.69, 9.17) is 15.2 Å². The average molecular weight is 246 g/mol. The number of nitrogens with two attached hydrogens (primary N) is 1. The summed E-state index contributed by atoms with van der Waals surface area (Å²) in [6.07, 6.45) is 2.30. The van der Waals surface area contributed by atoms with Gasteiger partial charge in [-0.05, 0) is 18.9 Å². The summed E-state index contributed by atoms with van der Waals surface area (Å²) < 4.78 is 10.1. The third kappa shape index (κ3) is 10.2. The van der Waals surface area contributed by atoms with Gasteiger partial charge in [0.05, 0.1) is 13.2 Å². The van der Waals surface area contributed by atoms with Crippen LogP contribution in [0.4, 0.5) is 0 Å². The van der Waals surface area contributed by atoms with Gasteiger partial charge in [0, 0.05) is 26.7 Å². The first-order valence-electron chi connectivity index (χ1n) is 6.28. The molecule has 3 N–H and O–H groups in total. The fourth-order valence-corrected chi connectivity index (χ4v) is 1.38. The van der Waals surface area contributed by atoms with Gasteiger partial charge in [-0.3, -0.25) is 4.79 Å². The van der Waals surface area contributed by atoms with E-state index in [0.29, 0.717) is 45.2 Å². The highest BCUT2D eigenvalue weighted by Gasteiger charge is 2.09. The van der Waals surface area contributed by atoms with Crippen molar-refractivity contribution in [3.63, 3.8) is 0 Å². The number of rotatable bonds is 11. The van der Waals surface area contributed by atoms with E-state index < -0.39 is 0 Å². The predicted octanol–water partition coefficient (Wildman–Crippen LogP) is 0.531. The lowest BCUT2D eigenvalue weighted by atomic mass is 10.0. The molecule has 0 bridgehead atoms. The molecule has 0 radical (unpaired) electrons. The second-order valence-electron chi connectivity index (χ2n) is 4.02. The SMILES string of the molecule is CCC(CN)CC(=O)NCCCOCCOC. The molecule has 1 unspecified atom stereocenters. The third-order valence-electron chi connectivity index (χ3n) is 2.60. The van der Waals surface area contributed by atoms with Crippen molar-refractivity contribution in [3.05, 3.63) is 0 Å². The third-order valence-corrected chi connectivity index (χ3v) is 2.60. The topological polar surface area (TPSA) is 73.6 Å². The molecule has 0 rings (SSSR count). The molecule has 0 aromatic heterocycles. The Hall–Kier alpha value is -0.650. The summed E-state index contributed by atoms with van der Waals surface area (Å²) in [6, 6.07) is 0. The molecular weight excluding hydrogens is 220 g/mol. The maximum atomic E-state index is 11.5. The first-order chi connectivity index (χ1) is 8.24. The van der Waals surface area contributed by atoms with E-state index in [1.54, 1.807) is 7.11 Å². The molecule has 0 aromatic carbocycles. The molecule has 0 aromatic rings. The van der Waals surface area contributed by atoms with Crippen molar-refractivity contribution in [2.75, 3.05) is 40.0 Å². The van der Waals surface area contributed by atoms with Crippen LogP contribution in [0.2, 0.25) is 0 Å². The Morgan fingerprint density at radius 1 is 1.35 bits per heavy atom. The number of methoxy groups -OCH3 is 1. The number of carbonyl (C=O) groups excluding carboxylic acids is 1. The van der Waals surface area contributed by atoms with Crippen molar-refractivity contribution in [2.24, 2.45) is 11.7 Å². The van der Waals surface area contributed by atoms with Crippen LogP contribution in [0.3, 0.4) is 0 Å². The summed E-state index contributed by atoms with van der Waals surface area (Å²) in [7, 11) is 1.64. The molecule has 0 saturated heterocycles. The molecule has 1 amide bonds. The Morgan fingerprint density at radius 3 is 2.71 bits per heavy atom. The highest BCUT2D eigenvalue weighted by molar-refractivity contribution is 5.76. The van der Waals surface area contributed by atoms with Crippen molar-refractivity contribution in [2.45, 2.75) is 26.2 Å². The van der Waals surface area contributed by atoms with E-state index in [-0.39, 0.29) is 5.91 Å². The van der Waals surface area contributed by atoms with Crippen LogP contribution in [0.25, 0.3) is 0 Å². The molecule has 0 aliphatic heterocycles. The molecule has 0 aliphatic carbocycles. The molecule has 17 heavy (non-hydrogen) atoms. The van der Waals surface area contributed by atoms with Gasteiger partial charge >= 0.3 is 0 Å². The molecule has 0 fully saturated rings. The first-order valence-corrected chi connectivity index (χ1v) is 6.28. The smallest absolute Gasteiger partial charge is 0.220 e. The summed E-state index contributed by atoms with van der Waals surface area (Å²) in [4.78, 5) is 11.5. The molecule has 0 aliphatic rings. The van der Waals surface area contributed by atoms with Crippen LogP contribution in [0.1, 0.15) is 26.2 Å². The van der Waals surface area contributed by atoms with E-state index in [9.17, 15) is 4.79 Å². The van der Waals surface area contributed by atoms with Crippen molar-refractivity contribution in [3.8, 4) is 0 Å². The first kappa shape index (κ1) is 16.4. The standard InChI is InChI=1S/C12H26N2O3/c1-3-11(10-13)9-12(15)14-5-4-6-17-8-7-16-2/h11H,3-10,13H2,1-2H3,(H,14,15). The van der Waals surface area contributed by atoms with Crippen LogP contribution in [-0.2, 0) is 14.3 Å². The fraction of sp³-hybridized carbons (Fsp3) is 0.917. The van der Waals surface area contributed by atoms with Crippen LogP contribution >= 0.6 is 0 Å². The van der Waals surface area contributed by atoms with Gasteiger partial charge in [-0.25, -0.2) is 0 Å². The number of amides is 1. The summed E-state index contributed by atoms with van der Waals surface area (Å²) in [5, 5.41) is 2.87. The summed E-state index contributed by atoms with van der Waals surface area (Å²) in [6.45, 7) is 5.15. The number of hydrogen-bond donors (Lipinski definition) is 2. The molecular formula is C12H26N2O3. The lowest BCUT2D eigenvalue weighted by Crippen LogP contribution is -2.29. The van der Waals surface area contributed by atoms with E-state index in [1.807, 2.05) is 0 Å². The Kier molecular flexibility index (Phi) is 11.4. The molecule has 5 nitrogen and oxygen atoms in total. The molecule has 1 atom stereocenters. The van der Waals surface area contributed by atoms with Gasteiger partial charge in [-0.15, -0.1) is 0 Å². The molecule has 0 spiro atoms. The van der Waals surface area contributed by atoms with E-state index in [0.717, 1.165) is 12.8 Å². The van der Waals surface area contributed by atoms with E-state index in [2.05, 4.69) is 12.2 Å². The Labute approximate surface area is 104 Å². The van der Waals surface area contributed by atoms with Gasteiger partial charge in [-0.2, -0.15) is 0 Å². The van der Waals surface area contributed by atoms with Gasteiger partial charge in [0.2, 0.25) is 5.91 Å². The quantitative estimate of drug-likeness (QED) is 0.522. The molecule has 0 saturated carbocycles. The minimum atomic E-state index is 0.0826. The lowest BCUT2D eigenvalue weighted by molar-refractivity contribution is -0.122. The summed E-state index contributed by atoms with van der Waals surface area (Å²) in [5.74, 6) is 0.382. The Morgan fingerprint density at radius 2 is 2.12 bits per heavy atom. The van der Waals surface area contributed by atoms with Crippen molar-refractivity contribution < 1.29 is 14.3 Å². The van der Waals surface area contributed by atoms with E-state index >= 15 is 0 Å². The maximum Gasteiger partial charge on any atom is 0.220 e. The molecule has 5 heteroatoms. The molecule has 0 heterocycles. The molecule has 102 valence electrons. The maximum absolute atomic E-state index is 11.5. The predicted molar refractivity (Wildman–Crippen MR) is 67.8 cm³/mol.